The first-order chi connectivity index (χ1) is 6.06. The summed E-state index contributed by atoms with van der Waals surface area (Å²) in [4.78, 5) is 0. The molecule has 4 heteroatoms. The van der Waals surface area contributed by atoms with Gasteiger partial charge in [-0.1, -0.05) is 13.0 Å². The van der Waals surface area contributed by atoms with Crippen LogP contribution in [0.1, 0.15) is 18.1 Å². The summed E-state index contributed by atoms with van der Waals surface area (Å²) >= 11 is 0. The van der Waals surface area contributed by atoms with Gasteiger partial charge in [-0.3, -0.25) is 0 Å². The Labute approximate surface area is 77.2 Å². The Morgan fingerprint density at radius 2 is 2.00 bits per heavy atom. The molecule has 0 aliphatic rings. The number of benzene rings is 1. The number of hydrogen-bond acceptors (Lipinski definition) is 2. The van der Waals surface area contributed by atoms with Gasteiger partial charge in [-0.2, -0.15) is 0 Å². The van der Waals surface area contributed by atoms with E-state index in [1.54, 1.807) is 6.92 Å². The molecule has 0 amide bonds. The van der Waals surface area contributed by atoms with E-state index in [2.05, 4.69) is 0 Å². The van der Waals surface area contributed by atoms with Gasteiger partial charge in [0.1, 0.15) is 5.82 Å². The molecule has 0 radical (unpaired) electrons. The van der Waals surface area contributed by atoms with E-state index in [9.17, 15) is 4.39 Å². The van der Waals surface area contributed by atoms with Crippen molar-refractivity contribution in [2.24, 2.45) is 0 Å². The van der Waals surface area contributed by atoms with Crippen molar-refractivity contribution in [3.63, 3.8) is 0 Å². The van der Waals surface area contributed by atoms with Crippen molar-refractivity contribution in [2.75, 3.05) is 0 Å². The molecule has 0 saturated carbocycles. The van der Waals surface area contributed by atoms with Crippen LogP contribution in [0.5, 0.6) is 0 Å². The minimum Gasteiger partial charge on any atom is -0.423 e. The highest BCUT2D eigenvalue weighted by Crippen LogP contribution is 2.08. The van der Waals surface area contributed by atoms with Crippen LogP contribution in [0.2, 0.25) is 0 Å². The first-order valence-electron chi connectivity index (χ1n) is 4.21. The van der Waals surface area contributed by atoms with E-state index in [-0.39, 0.29) is 5.82 Å². The molecule has 70 valence electrons. The van der Waals surface area contributed by atoms with Crippen molar-refractivity contribution >= 4 is 12.6 Å². The van der Waals surface area contributed by atoms with Crippen molar-refractivity contribution in [1.82, 2.24) is 0 Å². The third-order valence-corrected chi connectivity index (χ3v) is 2.09. The Balaban J connectivity index is 3.22. The second-order valence-electron chi connectivity index (χ2n) is 3.03. The molecule has 0 aliphatic heterocycles. The van der Waals surface area contributed by atoms with Crippen LogP contribution in [0.4, 0.5) is 4.39 Å². The predicted octanol–water partition coefficient (Wildman–Crippen LogP) is 0.376. The molecule has 0 aliphatic carbocycles. The fourth-order valence-corrected chi connectivity index (χ4v) is 1.29. The summed E-state index contributed by atoms with van der Waals surface area (Å²) in [5.74, 6) is -0.288. The Morgan fingerprint density at radius 3 is 2.46 bits per heavy atom. The normalized spacial score (nSPS) is 10.2. The SMILES string of the molecule is CCc1cc(B(O)O)c(C)cc1F. The zero-order valence-electron chi connectivity index (χ0n) is 7.71. The summed E-state index contributed by atoms with van der Waals surface area (Å²) in [5.41, 5.74) is 1.44. The first-order valence-corrected chi connectivity index (χ1v) is 4.21. The largest absolute Gasteiger partial charge is 0.488 e. The molecule has 2 nitrogen and oxygen atoms in total. The average molecular weight is 182 g/mol. The highest BCUT2D eigenvalue weighted by molar-refractivity contribution is 6.59. The topological polar surface area (TPSA) is 40.5 Å². The lowest BCUT2D eigenvalue weighted by Crippen LogP contribution is -2.32. The lowest BCUT2D eigenvalue weighted by atomic mass is 9.76. The fourth-order valence-electron chi connectivity index (χ4n) is 1.29. The fraction of sp³-hybridized carbons (Fsp3) is 0.333. The van der Waals surface area contributed by atoms with E-state index in [0.717, 1.165) is 0 Å². The van der Waals surface area contributed by atoms with E-state index in [1.165, 1.54) is 12.1 Å². The molecule has 0 aromatic heterocycles. The van der Waals surface area contributed by atoms with Gasteiger partial charge in [0, 0.05) is 0 Å². The van der Waals surface area contributed by atoms with Crippen LogP contribution in [0.25, 0.3) is 0 Å². The maximum absolute atomic E-state index is 13.1. The predicted molar refractivity (Wildman–Crippen MR) is 50.3 cm³/mol. The van der Waals surface area contributed by atoms with Crippen molar-refractivity contribution in [2.45, 2.75) is 20.3 Å². The van der Waals surface area contributed by atoms with Crippen molar-refractivity contribution in [3.8, 4) is 0 Å². The lowest BCUT2D eigenvalue weighted by molar-refractivity contribution is 0.425. The maximum atomic E-state index is 13.1. The van der Waals surface area contributed by atoms with E-state index >= 15 is 0 Å². The molecular formula is C9H12BFO2. The van der Waals surface area contributed by atoms with Gasteiger partial charge in [0.25, 0.3) is 0 Å². The van der Waals surface area contributed by atoms with Gasteiger partial charge in [0.05, 0.1) is 0 Å². The number of halogens is 1. The molecule has 1 rings (SSSR count). The summed E-state index contributed by atoms with van der Waals surface area (Å²) in [7, 11) is -1.52. The third kappa shape index (κ3) is 2.08. The van der Waals surface area contributed by atoms with Crippen LogP contribution in [-0.2, 0) is 6.42 Å². The molecule has 0 heterocycles. The van der Waals surface area contributed by atoms with Gasteiger partial charge >= 0.3 is 7.12 Å². The molecule has 0 unspecified atom stereocenters. The van der Waals surface area contributed by atoms with Gasteiger partial charge in [-0.05, 0) is 36.0 Å². The maximum Gasteiger partial charge on any atom is 0.488 e. The van der Waals surface area contributed by atoms with Crippen LogP contribution < -0.4 is 5.46 Å². The van der Waals surface area contributed by atoms with Crippen LogP contribution in [0.15, 0.2) is 12.1 Å². The Bertz CT molecular complexity index is 313. The molecule has 0 spiro atoms. The zero-order valence-corrected chi connectivity index (χ0v) is 7.71. The van der Waals surface area contributed by atoms with Gasteiger partial charge < -0.3 is 10.0 Å². The number of aryl methyl sites for hydroxylation is 2. The van der Waals surface area contributed by atoms with Gasteiger partial charge in [0.2, 0.25) is 0 Å². The van der Waals surface area contributed by atoms with Crippen molar-refractivity contribution in [1.29, 1.82) is 0 Å². The van der Waals surface area contributed by atoms with Crippen LogP contribution in [-0.4, -0.2) is 17.2 Å². The Kier molecular flexibility index (Phi) is 3.06. The number of hydrogen-bond donors (Lipinski definition) is 2. The van der Waals surface area contributed by atoms with Gasteiger partial charge in [-0.25, -0.2) is 4.39 Å². The van der Waals surface area contributed by atoms with E-state index in [1.807, 2.05) is 6.92 Å². The molecule has 0 bridgehead atoms. The quantitative estimate of drug-likeness (QED) is 0.649. The average Bonchev–Trinajstić information content (AvgIpc) is 2.03. The summed E-state index contributed by atoms with van der Waals surface area (Å²) < 4.78 is 13.1. The van der Waals surface area contributed by atoms with Gasteiger partial charge in [-0.15, -0.1) is 0 Å². The Hall–Kier alpha value is -0.865. The van der Waals surface area contributed by atoms with Gasteiger partial charge in [0.15, 0.2) is 0 Å². The van der Waals surface area contributed by atoms with Crippen LogP contribution in [0.3, 0.4) is 0 Å². The number of rotatable bonds is 2. The molecule has 0 atom stereocenters. The van der Waals surface area contributed by atoms with Crippen LogP contribution >= 0.6 is 0 Å². The van der Waals surface area contributed by atoms with Crippen LogP contribution in [0, 0.1) is 12.7 Å². The first kappa shape index (κ1) is 10.2. The summed E-state index contributed by atoms with van der Waals surface area (Å²) in [6, 6.07) is 2.82. The minimum atomic E-state index is -1.52. The molecule has 1 aromatic carbocycles. The van der Waals surface area contributed by atoms with E-state index < -0.39 is 7.12 Å². The molecule has 0 saturated heterocycles. The third-order valence-electron chi connectivity index (χ3n) is 2.09. The van der Waals surface area contributed by atoms with E-state index in [0.29, 0.717) is 23.0 Å². The smallest absolute Gasteiger partial charge is 0.423 e. The highest BCUT2D eigenvalue weighted by Gasteiger charge is 2.16. The molecule has 0 fully saturated rings. The summed E-state index contributed by atoms with van der Waals surface area (Å²) in [6.45, 7) is 3.47. The zero-order chi connectivity index (χ0) is 10.0. The minimum absolute atomic E-state index is 0.288. The molecular weight excluding hydrogens is 170 g/mol. The molecule has 13 heavy (non-hydrogen) atoms. The summed E-state index contributed by atoms with van der Waals surface area (Å²) in [5, 5.41) is 17.9. The second-order valence-corrected chi connectivity index (χ2v) is 3.03. The standard InChI is InChI=1S/C9H12BFO2/c1-3-7-5-8(10(12)13)6(2)4-9(7)11/h4-5,12-13H,3H2,1-2H3. The monoisotopic (exact) mass is 182 g/mol. The molecule has 1 aromatic rings. The second kappa shape index (κ2) is 3.90. The van der Waals surface area contributed by atoms with E-state index in [4.69, 9.17) is 10.0 Å². The molecule has 2 N–H and O–H groups in total. The van der Waals surface area contributed by atoms with Crippen molar-refractivity contribution < 1.29 is 14.4 Å². The van der Waals surface area contributed by atoms with Crippen molar-refractivity contribution in [3.05, 3.63) is 29.1 Å². The summed E-state index contributed by atoms with van der Waals surface area (Å²) in [6.07, 6.45) is 0.547. The highest BCUT2D eigenvalue weighted by atomic mass is 19.1. The lowest BCUT2D eigenvalue weighted by Gasteiger charge is -2.07. The Morgan fingerprint density at radius 1 is 1.38 bits per heavy atom.